The highest BCUT2D eigenvalue weighted by atomic mass is 35.5. The van der Waals surface area contributed by atoms with Crippen molar-refractivity contribution in [3.63, 3.8) is 0 Å². The Morgan fingerprint density at radius 1 is 0.962 bits per heavy atom. The van der Waals surface area contributed by atoms with Crippen LogP contribution in [0.2, 0.25) is 5.02 Å². The van der Waals surface area contributed by atoms with E-state index in [4.69, 9.17) is 16.3 Å². The van der Waals surface area contributed by atoms with Crippen molar-refractivity contribution < 1.29 is 19.1 Å². The maximum absolute atomic E-state index is 11.8. The molecule has 0 saturated heterocycles. The van der Waals surface area contributed by atoms with Crippen molar-refractivity contribution in [1.82, 2.24) is 0 Å². The summed E-state index contributed by atoms with van der Waals surface area (Å²) in [6.45, 7) is 1.40. The van der Waals surface area contributed by atoms with Crippen molar-refractivity contribution in [2.24, 2.45) is 0 Å². The fourth-order valence-corrected chi connectivity index (χ4v) is 2.27. The Morgan fingerprint density at radius 3 is 2.42 bits per heavy atom. The van der Waals surface area contributed by atoms with Crippen molar-refractivity contribution >= 4 is 40.8 Å². The molecule has 0 radical (unpaired) electrons. The summed E-state index contributed by atoms with van der Waals surface area (Å²) in [6.07, 6.45) is -0.134. The predicted octanol–water partition coefficient (Wildman–Crippen LogP) is 3.55. The number of nitrogens with one attached hydrogen (secondary N) is 2. The topological polar surface area (TPSA) is 84.5 Å². The molecule has 0 spiro atoms. The second-order valence-electron chi connectivity index (χ2n) is 5.58. The third-order valence-corrected chi connectivity index (χ3v) is 3.69. The number of rotatable bonds is 7. The predicted molar refractivity (Wildman–Crippen MR) is 100 cm³/mol. The van der Waals surface area contributed by atoms with Crippen LogP contribution >= 0.6 is 11.6 Å². The summed E-state index contributed by atoms with van der Waals surface area (Å²) in [5.74, 6) is -1.39. The summed E-state index contributed by atoms with van der Waals surface area (Å²) in [4.78, 5) is 35.3. The third-order valence-electron chi connectivity index (χ3n) is 3.45. The van der Waals surface area contributed by atoms with Gasteiger partial charge in [0, 0.05) is 22.8 Å². The molecule has 2 amide bonds. The molecule has 0 bridgehead atoms. The molecular formula is C19H19ClN2O4. The Bertz CT molecular complexity index is 793. The molecule has 26 heavy (non-hydrogen) atoms. The molecule has 2 aromatic rings. The standard InChI is InChI=1S/C19H19ClN2O4/c1-13-7-8-14(20)11-16(13)22-18(24)12-26-19(25)10-9-17(23)21-15-5-3-2-4-6-15/h2-8,11H,9-10,12H2,1H3,(H,21,23)(H,22,24). The number of aryl methyl sites for hydroxylation is 1. The molecular weight excluding hydrogens is 356 g/mol. The number of halogens is 1. The van der Waals surface area contributed by atoms with Gasteiger partial charge in [-0.1, -0.05) is 35.9 Å². The first-order valence-corrected chi connectivity index (χ1v) is 8.38. The lowest BCUT2D eigenvalue weighted by molar-refractivity contribution is -0.147. The van der Waals surface area contributed by atoms with E-state index in [0.717, 1.165) is 5.56 Å². The maximum Gasteiger partial charge on any atom is 0.306 e. The van der Waals surface area contributed by atoms with Crippen LogP contribution in [0.3, 0.4) is 0 Å². The van der Waals surface area contributed by atoms with E-state index in [-0.39, 0.29) is 18.7 Å². The molecule has 2 rings (SSSR count). The molecule has 0 fully saturated rings. The van der Waals surface area contributed by atoms with Crippen molar-refractivity contribution in [3.05, 3.63) is 59.1 Å². The fraction of sp³-hybridized carbons (Fsp3) is 0.211. The van der Waals surface area contributed by atoms with Crippen molar-refractivity contribution in [3.8, 4) is 0 Å². The van der Waals surface area contributed by atoms with Crippen LogP contribution in [0.25, 0.3) is 0 Å². The summed E-state index contributed by atoms with van der Waals surface area (Å²) in [6, 6.07) is 14.0. The molecule has 0 aromatic heterocycles. The van der Waals surface area contributed by atoms with Crippen molar-refractivity contribution in [2.45, 2.75) is 19.8 Å². The molecule has 7 heteroatoms. The number of esters is 1. The Balaban J connectivity index is 1.70. The highest BCUT2D eigenvalue weighted by Gasteiger charge is 2.11. The number of carbonyl (C=O) groups excluding carboxylic acids is 3. The van der Waals surface area contributed by atoms with Gasteiger partial charge in [-0.05, 0) is 36.8 Å². The summed E-state index contributed by atoms with van der Waals surface area (Å²) in [5, 5.41) is 5.78. The molecule has 0 saturated carbocycles. The van der Waals surface area contributed by atoms with E-state index in [2.05, 4.69) is 10.6 Å². The number of amides is 2. The van der Waals surface area contributed by atoms with Crippen LogP contribution in [0.4, 0.5) is 11.4 Å². The molecule has 0 unspecified atom stereocenters. The highest BCUT2D eigenvalue weighted by Crippen LogP contribution is 2.20. The van der Waals surface area contributed by atoms with Gasteiger partial charge < -0.3 is 15.4 Å². The summed E-state index contributed by atoms with van der Waals surface area (Å²) in [5.41, 5.74) is 2.05. The summed E-state index contributed by atoms with van der Waals surface area (Å²) < 4.78 is 4.88. The number of para-hydroxylation sites is 1. The fourth-order valence-electron chi connectivity index (χ4n) is 2.09. The van der Waals surface area contributed by atoms with E-state index in [9.17, 15) is 14.4 Å². The van der Waals surface area contributed by atoms with E-state index >= 15 is 0 Å². The minimum Gasteiger partial charge on any atom is -0.456 e. The van der Waals surface area contributed by atoms with Crippen LogP contribution in [0.1, 0.15) is 18.4 Å². The first-order chi connectivity index (χ1) is 12.4. The van der Waals surface area contributed by atoms with Gasteiger partial charge in [0.05, 0.1) is 6.42 Å². The van der Waals surface area contributed by atoms with Gasteiger partial charge in [-0.2, -0.15) is 0 Å². The maximum atomic E-state index is 11.8. The van der Waals surface area contributed by atoms with Crippen LogP contribution in [0.5, 0.6) is 0 Å². The van der Waals surface area contributed by atoms with Gasteiger partial charge in [0.15, 0.2) is 6.61 Å². The van der Waals surface area contributed by atoms with Crippen LogP contribution < -0.4 is 10.6 Å². The van der Waals surface area contributed by atoms with E-state index in [1.807, 2.05) is 13.0 Å². The molecule has 0 aliphatic rings. The van der Waals surface area contributed by atoms with Crippen LogP contribution in [-0.2, 0) is 19.1 Å². The molecule has 6 nitrogen and oxygen atoms in total. The Morgan fingerprint density at radius 2 is 1.69 bits per heavy atom. The van der Waals surface area contributed by atoms with Gasteiger partial charge >= 0.3 is 5.97 Å². The average molecular weight is 375 g/mol. The van der Waals surface area contributed by atoms with Crippen LogP contribution in [-0.4, -0.2) is 24.4 Å². The van der Waals surface area contributed by atoms with E-state index < -0.39 is 18.5 Å². The van der Waals surface area contributed by atoms with E-state index in [1.165, 1.54) is 0 Å². The smallest absolute Gasteiger partial charge is 0.306 e. The lowest BCUT2D eigenvalue weighted by atomic mass is 10.2. The normalized spacial score (nSPS) is 10.1. The second-order valence-corrected chi connectivity index (χ2v) is 6.02. The lowest BCUT2D eigenvalue weighted by Gasteiger charge is -2.09. The number of hydrogen-bond acceptors (Lipinski definition) is 4. The first kappa shape index (κ1) is 19.5. The first-order valence-electron chi connectivity index (χ1n) is 8.00. The lowest BCUT2D eigenvalue weighted by Crippen LogP contribution is -2.22. The summed E-state index contributed by atoms with van der Waals surface area (Å²) in [7, 11) is 0. The monoisotopic (exact) mass is 374 g/mol. The Hall–Kier alpha value is -2.86. The van der Waals surface area contributed by atoms with Gasteiger partial charge in [-0.3, -0.25) is 14.4 Å². The SMILES string of the molecule is Cc1ccc(Cl)cc1NC(=O)COC(=O)CCC(=O)Nc1ccccc1. The zero-order valence-corrected chi connectivity index (χ0v) is 15.0. The molecule has 0 aliphatic heterocycles. The Labute approximate surface area is 156 Å². The largest absolute Gasteiger partial charge is 0.456 e. The molecule has 136 valence electrons. The Kier molecular flexibility index (Phi) is 7.17. The van der Waals surface area contributed by atoms with E-state index in [1.54, 1.807) is 42.5 Å². The van der Waals surface area contributed by atoms with Crippen LogP contribution in [0, 0.1) is 6.92 Å². The van der Waals surface area contributed by atoms with Crippen molar-refractivity contribution in [2.75, 3.05) is 17.2 Å². The van der Waals surface area contributed by atoms with Crippen LogP contribution in [0.15, 0.2) is 48.5 Å². The summed E-state index contributed by atoms with van der Waals surface area (Å²) >= 11 is 5.88. The number of hydrogen-bond donors (Lipinski definition) is 2. The van der Waals surface area contributed by atoms with E-state index in [0.29, 0.717) is 16.4 Å². The number of benzene rings is 2. The second kappa shape index (κ2) is 9.58. The van der Waals surface area contributed by atoms with Gasteiger partial charge in [0.25, 0.3) is 5.91 Å². The molecule has 0 atom stereocenters. The quantitative estimate of drug-likeness (QED) is 0.726. The number of carbonyl (C=O) groups is 3. The highest BCUT2D eigenvalue weighted by molar-refractivity contribution is 6.31. The zero-order chi connectivity index (χ0) is 18.9. The van der Waals surface area contributed by atoms with Gasteiger partial charge in [-0.15, -0.1) is 0 Å². The van der Waals surface area contributed by atoms with Crippen molar-refractivity contribution in [1.29, 1.82) is 0 Å². The molecule has 2 N–H and O–H groups in total. The molecule has 0 heterocycles. The minimum absolute atomic E-state index is 0.0251. The van der Waals surface area contributed by atoms with Gasteiger partial charge in [-0.25, -0.2) is 0 Å². The zero-order valence-electron chi connectivity index (χ0n) is 14.3. The molecule has 0 aliphatic carbocycles. The molecule has 2 aromatic carbocycles. The minimum atomic E-state index is -0.619. The average Bonchev–Trinajstić information content (AvgIpc) is 2.62. The number of anilines is 2. The third kappa shape index (κ3) is 6.57. The van der Waals surface area contributed by atoms with Gasteiger partial charge in [0.2, 0.25) is 5.91 Å². The van der Waals surface area contributed by atoms with Gasteiger partial charge in [0.1, 0.15) is 0 Å². The number of ether oxygens (including phenoxy) is 1.